The second-order valence-electron chi connectivity index (χ2n) is 6.21. The van der Waals surface area contributed by atoms with Crippen molar-refractivity contribution in [1.29, 1.82) is 0 Å². The number of rotatable bonds is 6. The molecule has 0 N–H and O–H groups in total. The van der Waals surface area contributed by atoms with Crippen LogP contribution in [0.5, 0.6) is 0 Å². The van der Waals surface area contributed by atoms with E-state index in [0.717, 1.165) is 0 Å². The quantitative estimate of drug-likeness (QED) is 0.391. The summed E-state index contributed by atoms with van der Waals surface area (Å²) in [5, 5.41) is 0.631. The fourth-order valence-electron chi connectivity index (χ4n) is 1.96. The van der Waals surface area contributed by atoms with Crippen LogP contribution in [0.2, 0.25) is 11.1 Å². The Bertz CT molecular complexity index is 153. The third kappa shape index (κ3) is 8.00. The molecule has 0 radical (unpaired) electrons. The lowest BCUT2D eigenvalue weighted by Gasteiger charge is -2.30. The molecular weight excluding hydrogens is 200 g/mol. The smallest absolute Gasteiger partial charge is 0.0612 e. The van der Waals surface area contributed by atoms with Crippen molar-refractivity contribution in [2.75, 3.05) is 28.2 Å². The van der Waals surface area contributed by atoms with E-state index in [4.69, 9.17) is 0 Å². The maximum Gasteiger partial charge on any atom is 0.0612 e. The highest BCUT2D eigenvalue weighted by Crippen LogP contribution is 2.23. The lowest BCUT2D eigenvalue weighted by atomic mass is 10.2. The van der Waals surface area contributed by atoms with E-state index in [-0.39, 0.29) is 9.52 Å². The maximum atomic E-state index is 2.38. The van der Waals surface area contributed by atoms with E-state index in [2.05, 4.69) is 58.8 Å². The van der Waals surface area contributed by atoms with Gasteiger partial charge in [-0.05, 0) is 39.6 Å². The zero-order valence-electron chi connectivity index (χ0n) is 11.8. The van der Waals surface area contributed by atoms with E-state index in [9.17, 15) is 0 Å². The molecule has 0 fully saturated rings. The van der Waals surface area contributed by atoms with E-state index in [1.807, 2.05) is 0 Å². The van der Waals surface area contributed by atoms with Gasteiger partial charge in [-0.15, -0.1) is 0 Å². The van der Waals surface area contributed by atoms with E-state index in [1.165, 1.54) is 18.9 Å². The molecule has 0 saturated heterocycles. The predicted molar refractivity (Wildman–Crippen MR) is 73.5 cm³/mol. The van der Waals surface area contributed by atoms with Crippen molar-refractivity contribution in [2.45, 2.75) is 50.9 Å². The molecular formula is C12H30N2Si. The number of nitrogens with zero attached hydrogens (tertiary/aromatic N) is 2. The largest absolute Gasteiger partial charge is 0.294 e. The van der Waals surface area contributed by atoms with Crippen LogP contribution in [-0.4, -0.2) is 53.7 Å². The van der Waals surface area contributed by atoms with Gasteiger partial charge in [0, 0.05) is 9.52 Å². The Balaban J connectivity index is 3.73. The minimum atomic E-state index is 0.120. The minimum Gasteiger partial charge on any atom is -0.294 e. The van der Waals surface area contributed by atoms with Gasteiger partial charge in [-0.1, -0.05) is 33.2 Å². The van der Waals surface area contributed by atoms with Crippen molar-refractivity contribution in [3.63, 3.8) is 0 Å². The molecule has 0 rings (SSSR count). The van der Waals surface area contributed by atoms with E-state index in [0.29, 0.717) is 11.2 Å². The first kappa shape index (κ1) is 15.1. The van der Waals surface area contributed by atoms with Crippen molar-refractivity contribution in [3.8, 4) is 0 Å². The van der Waals surface area contributed by atoms with Crippen molar-refractivity contribution < 1.29 is 0 Å². The molecule has 0 bridgehead atoms. The van der Waals surface area contributed by atoms with Crippen LogP contribution in [0.4, 0.5) is 0 Å². The molecule has 0 aromatic rings. The Morgan fingerprint density at radius 1 is 1.00 bits per heavy atom. The van der Waals surface area contributed by atoms with E-state index < -0.39 is 0 Å². The SMILES string of the molecule is CN(C)C(CCC[SiH2]C(C)(C)C)N(C)C. The maximum absolute atomic E-state index is 2.38. The van der Waals surface area contributed by atoms with Crippen LogP contribution < -0.4 is 0 Å². The fraction of sp³-hybridized carbons (Fsp3) is 1.00. The van der Waals surface area contributed by atoms with Gasteiger partial charge in [0.25, 0.3) is 0 Å². The van der Waals surface area contributed by atoms with Gasteiger partial charge in [0.15, 0.2) is 0 Å². The summed E-state index contributed by atoms with van der Waals surface area (Å²) in [5.41, 5.74) is 0. The van der Waals surface area contributed by atoms with Crippen LogP contribution in [0.25, 0.3) is 0 Å². The summed E-state index contributed by atoms with van der Waals surface area (Å²) < 4.78 is 0. The van der Waals surface area contributed by atoms with Gasteiger partial charge in [0.05, 0.1) is 6.17 Å². The topological polar surface area (TPSA) is 6.48 Å². The normalized spacial score (nSPS) is 14.0. The number of hydrogen-bond donors (Lipinski definition) is 0. The van der Waals surface area contributed by atoms with Crippen LogP contribution in [0.3, 0.4) is 0 Å². The zero-order chi connectivity index (χ0) is 12.1. The summed E-state index contributed by atoms with van der Waals surface area (Å²) in [5.74, 6) is 0. The van der Waals surface area contributed by atoms with Gasteiger partial charge in [0.2, 0.25) is 0 Å². The Morgan fingerprint density at radius 2 is 1.47 bits per heavy atom. The van der Waals surface area contributed by atoms with Crippen LogP contribution in [0, 0.1) is 0 Å². The molecule has 0 atom stereocenters. The van der Waals surface area contributed by atoms with Crippen molar-refractivity contribution in [2.24, 2.45) is 0 Å². The van der Waals surface area contributed by atoms with E-state index >= 15 is 0 Å². The lowest BCUT2D eigenvalue weighted by Crippen LogP contribution is -2.40. The Hall–Kier alpha value is 0.137. The highest BCUT2D eigenvalue weighted by atomic mass is 28.2. The van der Waals surface area contributed by atoms with Crippen LogP contribution in [0.15, 0.2) is 0 Å². The zero-order valence-corrected chi connectivity index (χ0v) is 13.2. The van der Waals surface area contributed by atoms with Crippen molar-refractivity contribution >= 4 is 9.52 Å². The number of hydrogen-bond acceptors (Lipinski definition) is 2. The van der Waals surface area contributed by atoms with E-state index in [1.54, 1.807) is 0 Å². The summed E-state index contributed by atoms with van der Waals surface area (Å²) in [7, 11) is 8.81. The predicted octanol–water partition coefficient (Wildman–Crippen LogP) is 2.02. The monoisotopic (exact) mass is 230 g/mol. The molecule has 0 aliphatic carbocycles. The molecule has 0 aromatic heterocycles. The van der Waals surface area contributed by atoms with Crippen molar-refractivity contribution in [3.05, 3.63) is 0 Å². The molecule has 2 nitrogen and oxygen atoms in total. The summed E-state index contributed by atoms with van der Waals surface area (Å²) in [6, 6.07) is 1.49. The van der Waals surface area contributed by atoms with Crippen molar-refractivity contribution in [1.82, 2.24) is 9.80 Å². The Labute approximate surface area is 98.8 Å². The summed E-state index contributed by atoms with van der Waals surface area (Å²) >= 11 is 0. The average molecular weight is 230 g/mol. The molecule has 0 amide bonds. The second kappa shape index (κ2) is 6.66. The molecule has 0 aliphatic heterocycles. The van der Waals surface area contributed by atoms with Gasteiger partial charge in [-0.2, -0.15) is 0 Å². The van der Waals surface area contributed by atoms with Crippen LogP contribution >= 0.6 is 0 Å². The van der Waals surface area contributed by atoms with Gasteiger partial charge >= 0.3 is 0 Å². The van der Waals surface area contributed by atoms with Gasteiger partial charge < -0.3 is 0 Å². The fourth-order valence-corrected chi connectivity index (χ4v) is 3.56. The first-order valence-corrected chi connectivity index (χ1v) is 7.77. The summed E-state index contributed by atoms with van der Waals surface area (Å²) in [4.78, 5) is 4.64. The lowest BCUT2D eigenvalue weighted by molar-refractivity contribution is 0.119. The molecule has 0 aliphatic rings. The third-order valence-electron chi connectivity index (χ3n) is 2.83. The molecule has 0 spiro atoms. The molecule has 0 aromatic carbocycles. The Morgan fingerprint density at radius 3 is 1.80 bits per heavy atom. The summed E-state index contributed by atoms with van der Waals surface area (Å²) in [6.07, 6.45) is 3.31. The Kier molecular flexibility index (Phi) is 6.72. The average Bonchev–Trinajstić information content (AvgIpc) is 2.00. The standard InChI is InChI=1S/C12H30N2Si/c1-12(2,3)15-10-8-9-11(13(4)5)14(6)7/h11H,8-10,15H2,1-7H3. The highest BCUT2D eigenvalue weighted by molar-refractivity contribution is 6.39. The minimum absolute atomic E-state index is 0.120. The highest BCUT2D eigenvalue weighted by Gasteiger charge is 2.14. The first-order chi connectivity index (χ1) is 6.74. The molecule has 0 saturated carbocycles. The van der Waals surface area contributed by atoms with Crippen LogP contribution in [0.1, 0.15) is 33.6 Å². The molecule has 15 heavy (non-hydrogen) atoms. The third-order valence-corrected chi connectivity index (χ3v) is 5.18. The van der Waals surface area contributed by atoms with Gasteiger partial charge in [-0.25, -0.2) is 0 Å². The van der Waals surface area contributed by atoms with Crippen LogP contribution in [-0.2, 0) is 0 Å². The first-order valence-electron chi connectivity index (χ1n) is 6.07. The van der Waals surface area contributed by atoms with Gasteiger partial charge in [0.1, 0.15) is 0 Å². The van der Waals surface area contributed by atoms with Gasteiger partial charge in [-0.3, -0.25) is 9.80 Å². The second-order valence-corrected chi connectivity index (χ2v) is 9.54. The molecule has 3 heteroatoms. The molecule has 0 heterocycles. The molecule has 0 unspecified atom stereocenters. The molecule has 92 valence electrons. The summed E-state index contributed by atoms with van der Waals surface area (Å²) in [6.45, 7) is 7.15.